The van der Waals surface area contributed by atoms with Crippen molar-refractivity contribution in [2.24, 2.45) is 0 Å². The van der Waals surface area contributed by atoms with Gasteiger partial charge < -0.3 is 5.32 Å². The average molecular weight is 283 g/mol. The van der Waals surface area contributed by atoms with Crippen LogP contribution in [-0.2, 0) is 0 Å². The SMILES string of the molecule is Cc1cnc(Cl)c(NC(=O)c2cc(F)ccc2F)c1. The molecule has 0 bridgehead atoms. The molecule has 0 spiro atoms. The second-order valence-corrected chi connectivity index (χ2v) is 4.29. The van der Waals surface area contributed by atoms with Crippen molar-refractivity contribution < 1.29 is 13.6 Å². The zero-order valence-electron chi connectivity index (χ0n) is 9.88. The predicted octanol–water partition coefficient (Wildman–Crippen LogP) is 3.57. The van der Waals surface area contributed by atoms with Crippen molar-refractivity contribution in [3.8, 4) is 0 Å². The van der Waals surface area contributed by atoms with Crippen LogP contribution in [0.3, 0.4) is 0 Å². The first-order valence-electron chi connectivity index (χ1n) is 5.36. The lowest BCUT2D eigenvalue weighted by atomic mass is 10.2. The van der Waals surface area contributed by atoms with Crippen molar-refractivity contribution in [1.29, 1.82) is 0 Å². The fourth-order valence-electron chi connectivity index (χ4n) is 1.50. The molecule has 1 N–H and O–H groups in total. The van der Waals surface area contributed by atoms with Crippen molar-refractivity contribution in [2.45, 2.75) is 6.92 Å². The van der Waals surface area contributed by atoms with Gasteiger partial charge in [-0.3, -0.25) is 4.79 Å². The minimum atomic E-state index is -0.810. The third-order valence-corrected chi connectivity index (χ3v) is 2.70. The number of carbonyl (C=O) groups excluding carboxylic acids is 1. The molecule has 0 aliphatic carbocycles. The first kappa shape index (κ1) is 13.4. The van der Waals surface area contributed by atoms with Crippen LogP contribution >= 0.6 is 11.6 Å². The number of aromatic nitrogens is 1. The molecule has 1 aromatic carbocycles. The van der Waals surface area contributed by atoms with E-state index in [1.54, 1.807) is 13.0 Å². The Bertz CT molecular complexity index is 647. The summed E-state index contributed by atoms with van der Waals surface area (Å²) in [5.41, 5.74) is 0.632. The van der Waals surface area contributed by atoms with Crippen molar-refractivity contribution in [3.63, 3.8) is 0 Å². The largest absolute Gasteiger partial charge is 0.319 e. The molecule has 6 heteroatoms. The molecule has 0 atom stereocenters. The van der Waals surface area contributed by atoms with E-state index in [1.165, 1.54) is 6.20 Å². The van der Waals surface area contributed by atoms with E-state index in [2.05, 4.69) is 10.3 Å². The van der Waals surface area contributed by atoms with E-state index in [-0.39, 0.29) is 10.8 Å². The maximum absolute atomic E-state index is 13.4. The van der Waals surface area contributed by atoms with E-state index >= 15 is 0 Å². The van der Waals surface area contributed by atoms with Gasteiger partial charge in [0.15, 0.2) is 5.15 Å². The van der Waals surface area contributed by atoms with Crippen molar-refractivity contribution >= 4 is 23.2 Å². The van der Waals surface area contributed by atoms with Crippen LogP contribution in [0.25, 0.3) is 0 Å². The van der Waals surface area contributed by atoms with E-state index in [0.717, 1.165) is 23.8 Å². The summed E-state index contributed by atoms with van der Waals surface area (Å²) >= 11 is 5.81. The molecule has 2 aromatic rings. The van der Waals surface area contributed by atoms with Gasteiger partial charge in [0.05, 0.1) is 11.3 Å². The number of amides is 1. The Balaban J connectivity index is 2.30. The summed E-state index contributed by atoms with van der Waals surface area (Å²) in [5, 5.41) is 2.47. The maximum atomic E-state index is 13.4. The van der Waals surface area contributed by atoms with Gasteiger partial charge in [-0.1, -0.05) is 11.6 Å². The first-order chi connectivity index (χ1) is 8.97. The molecule has 2 rings (SSSR count). The van der Waals surface area contributed by atoms with Gasteiger partial charge in [0.25, 0.3) is 5.91 Å². The van der Waals surface area contributed by atoms with Crippen LogP contribution in [0, 0.1) is 18.6 Å². The summed E-state index contributed by atoms with van der Waals surface area (Å²) in [7, 11) is 0. The number of aryl methyl sites for hydroxylation is 1. The Morgan fingerprint density at radius 1 is 1.32 bits per heavy atom. The molecule has 1 heterocycles. The highest BCUT2D eigenvalue weighted by atomic mass is 35.5. The van der Waals surface area contributed by atoms with Gasteiger partial charge in [-0.15, -0.1) is 0 Å². The van der Waals surface area contributed by atoms with E-state index in [0.29, 0.717) is 0 Å². The average Bonchev–Trinajstić information content (AvgIpc) is 2.36. The van der Waals surface area contributed by atoms with Crippen LogP contribution in [0.4, 0.5) is 14.5 Å². The molecule has 0 saturated heterocycles. The molecule has 3 nitrogen and oxygen atoms in total. The van der Waals surface area contributed by atoms with Crippen molar-refractivity contribution in [3.05, 3.63) is 58.4 Å². The zero-order valence-corrected chi connectivity index (χ0v) is 10.6. The third kappa shape index (κ3) is 3.06. The van der Waals surface area contributed by atoms with Crippen molar-refractivity contribution in [1.82, 2.24) is 4.98 Å². The highest BCUT2D eigenvalue weighted by Gasteiger charge is 2.14. The molecule has 19 heavy (non-hydrogen) atoms. The summed E-state index contributed by atoms with van der Waals surface area (Å²) in [4.78, 5) is 15.7. The summed E-state index contributed by atoms with van der Waals surface area (Å²) < 4.78 is 26.4. The molecular formula is C13H9ClF2N2O. The van der Waals surface area contributed by atoms with Crippen LogP contribution < -0.4 is 5.32 Å². The van der Waals surface area contributed by atoms with Crippen LogP contribution in [0.15, 0.2) is 30.5 Å². The third-order valence-electron chi connectivity index (χ3n) is 2.40. The van der Waals surface area contributed by atoms with Crippen LogP contribution in [0.2, 0.25) is 5.15 Å². The minimum Gasteiger partial charge on any atom is -0.319 e. The number of carbonyl (C=O) groups is 1. The lowest BCUT2D eigenvalue weighted by Gasteiger charge is -2.08. The second-order valence-electron chi connectivity index (χ2n) is 3.93. The highest BCUT2D eigenvalue weighted by Crippen LogP contribution is 2.21. The number of anilines is 1. The Kier molecular flexibility index (Phi) is 3.76. The Labute approximate surface area is 113 Å². The van der Waals surface area contributed by atoms with Gasteiger partial charge in [0.2, 0.25) is 0 Å². The minimum absolute atomic E-state index is 0.0794. The molecule has 1 aromatic heterocycles. The normalized spacial score (nSPS) is 10.3. The van der Waals surface area contributed by atoms with Gasteiger partial charge in [-0.05, 0) is 36.8 Å². The van der Waals surface area contributed by atoms with Gasteiger partial charge in [0.1, 0.15) is 11.6 Å². The summed E-state index contributed by atoms with van der Waals surface area (Å²) in [6, 6.07) is 4.24. The summed E-state index contributed by atoms with van der Waals surface area (Å²) in [6.45, 7) is 1.77. The Morgan fingerprint density at radius 3 is 2.79 bits per heavy atom. The van der Waals surface area contributed by atoms with Crippen LogP contribution in [0.5, 0.6) is 0 Å². The monoisotopic (exact) mass is 282 g/mol. The zero-order chi connectivity index (χ0) is 14.0. The number of pyridine rings is 1. The lowest BCUT2D eigenvalue weighted by Crippen LogP contribution is -2.14. The maximum Gasteiger partial charge on any atom is 0.258 e. The van der Waals surface area contributed by atoms with E-state index in [1.807, 2.05) is 0 Å². The molecule has 0 aliphatic heterocycles. The number of nitrogens with zero attached hydrogens (tertiary/aromatic N) is 1. The fourth-order valence-corrected chi connectivity index (χ4v) is 1.65. The van der Waals surface area contributed by atoms with E-state index in [4.69, 9.17) is 11.6 Å². The van der Waals surface area contributed by atoms with Gasteiger partial charge in [0, 0.05) is 6.20 Å². The highest BCUT2D eigenvalue weighted by molar-refractivity contribution is 6.32. The number of halogens is 3. The second kappa shape index (κ2) is 5.32. The molecule has 0 aliphatic rings. The first-order valence-corrected chi connectivity index (χ1v) is 5.73. The molecular weight excluding hydrogens is 274 g/mol. The number of nitrogens with one attached hydrogen (secondary N) is 1. The molecule has 98 valence electrons. The predicted molar refractivity (Wildman–Crippen MR) is 68.3 cm³/mol. The summed E-state index contributed by atoms with van der Waals surface area (Å²) in [6.07, 6.45) is 1.53. The van der Waals surface area contributed by atoms with E-state index < -0.39 is 23.1 Å². The molecule has 0 radical (unpaired) electrons. The Hall–Kier alpha value is -2.01. The number of hydrogen-bond donors (Lipinski definition) is 1. The van der Waals surface area contributed by atoms with E-state index in [9.17, 15) is 13.6 Å². The number of rotatable bonds is 2. The Morgan fingerprint density at radius 2 is 2.05 bits per heavy atom. The van der Waals surface area contributed by atoms with Gasteiger partial charge >= 0.3 is 0 Å². The quantitative estimate of drug-likeness (QED) is 0.856. The molecule has 0 unspecified atom stereocenters. The molecule has 0 saturated carbocycles. The smallest absolute Gasteiger partial charge is 0.258 e. The molecule has 0 fully saturated rings. The number of benzene rings is 1. The lowest BCUT2D eigenvalue weighted by molar-refractivity contribution is 0.102. The van der Waals surface area contributed by atoms with Crippen LogP contribution in [0.1, 0.15) is 15.9 Å². The number of hydrogen-bond acceptors (Lipinski definition) is 2. The van der Waals surface area contributed by atoms with Crippen LogP contribution in [-0.4, -0.2) is 10.9 Å². The standard InChI is InChI=1S/C13H9ClF2N2O/c1-7-4-11(12(14)17-6-7)18-13(19)9-5-8(15)2-3-10(9)16/h2-6H,1H3,(H,18,19). The van der Waals surface area contributed by atoms with Crippen molar-refractivity contribution in [2.75, 3.05) is 5.32 Å². The van der Waals surface area contributed by atoms with Gasteiger partial charge in [-0.25, -0.2) is 13.8 Å². The molecule has 1 amide bonds. The van der Waals surface area contributed by atoms with Gasteiger partial charge in [-0.2, -0.15) is 0 Å². The summed E-state index contributed by atoms with van der Waals surface area (Å²) in [5.74, 6) is -2.29. The fraction of sp³-hybridized carbons (Fsp3) is 0.0769. The topological polar surface area (TPSA) is 42.0 Å².